The molecule has 3 unspecified atom stereocenters. The zero-order valence-corrected chi connectivity index (χ0v) is 16.9. The third-order valence-electron chi connectivity index (χ3n) is 5.05. The van der Waals surface area contributed by atoms with Gasteiger partial charge in [-0.3, -0.25) is 4.98 Å². The number of hydrogen-bond acceptors (Lipinski definition) is 5. The van der Waals surface area contributed by atoms with Crippen molar-refractivity contribution < 1.29 is 25.2 Å². The van der Waals surface area contributed by atoms with Crippen LogP contribution in [-0.4, -0.2) is 43.6 Å². The Morgan fingerprint density at radius 3 is 2.59 bits per heavy atom. The number of aliphatic hydroxyl groups is 3. The molecule has 2 rings (SSSR count). The lowest BCUT2D eigenvalue weighted by molar-refractivity contribution is -0.153. The highest BCUT2D eigenvalue weighted by atomic mass is 16.4. The second kappa shape index (κ2) is 11.7. The zero-order valence-electron chi connectivity index (χ0n) is 16.9. The number of aliphatic hydroxyl groups excluding tert-OH is 3. The van der Waals surface area contributed by atoms with Crippen LogP contribution in [0, 0.1) is 0 Å². The first kappa shape index (κ1) is 23.0. The maximum Gasteiger partial charge on any atom is 0.335 e. The summed E-state index contributed by atoms with van der Waals surface area (Å²) in [5, 5.41) is 39.4. The monoisotopic (exact) mass is 401 g/mol. The number of aromatic nitrogens is 1. The van der Waals surface area contributed by atoms with E-state index < -0.39 is 24.3 Å². The third kappa shape index (κ3) is 6.63. The lowest BCUT2D eigenvalue weighted by atomic mass is 9.94. The summed E-state index contributed by atoms with van der Waals surface area (Å²) in [4.78, 5) is 15.2. The molecule has 0 amide bonds. The summed E-state index contributed by atoms with van der Waals surface area (Å²) >= 11 is 0. The number of aliphatic carboxylic acids is 1. The number of carbonyl (C=O) groups is 1. The van der Waals surface area contributed by atoms with E-state index in [-0.39, 0.29) is 6.42 Å². The van der Waals surface area contributed by atoms with Gasteiger partial charge in [-0.25, -0.2) is 4.79 Å². The Kier molecular flexibility index (Phi) is 9.25. The van der Waals surface area contributed by atoms with E-state index in [1.54, 1.807) is 6.20 Å². The number of benzene rings is 1. The molecule has 0 radical (unpaired) electrons. The molecule has 0 saturated carbocycles. The summed E-state index contributed by atoms with van der Waals surface area (Å²) in [6.07, 6.45) is 7.18. The van der Waals surface area contributed by atoms with Gasteiger partial charge in [0.1, 0.15) is 0 Å². The largest absolute Gasteiger partial charge is 0.479 e. The van der Waals surface area contributed by atoms with Gasteiger partial charge in [-0.05, 0) is 42.9 Å². The molecule has 2 aromatic rings. The van der Waals surface area contributed by atoms with E-state index in [2.05, 4.69) is 11.9 Å². The van der Waals surface area contributed by atoms with Crippen molar-refractivity contribution in [3.63, 3.8) is 0 Å². The molecule has 0 bridgehead atoms. The highest BCUT2D eigenvalue weighted by molar-refractivity contribution is 5.85. The molecule has 158 valence electrons. The second-order valence-corrected chi connectivity index (χ2v) is 7.34. The number of hydrogen-bond donors (Lipinski definition) is 4. The maximum atomic E-state index is 10.8. The fraction of sp³-hybridized carbons (Fsp3) is 0.478. The number of pyridine rings is 1. The molecule has 6 heteroatoms. The van der Waals surface area contributed by atoms with E-state index in [4.69, 9.17) is 5.11 Å². The van der Waals surface area contributed by atoms with Gasteiger partial charge in [0.25, 0.3) is 0 Å². The summed E-state index contributed by atoms with van der Waals surface area (Å²) in [6.45, 7) is 2.13. The van der Waals surface area contributed by atoms with Gasteiger partial charge in [0.05, 0.1) is 17.7 Å². The van der Waals surface area contributed by atoms with Gasteiger partial charge in [-0.2, -0.15) is 0 Å². The van der Waals surface area contributed by atoms with Crippen molar-refractivity contribution in [2.45, 2.75) is 70.2 Å². The van der Waals surface area contributed by atoms with Gasteiger partial charge in [-0.1, -0.05) is 56.5 Å². The molecule has 4 N–H and O–H groups in total. The lowest BCUT2D eigenvalue weighted by Crippen LogP contribution is -2.33. The van der Waals surface area contributed by atoms with Gasteiger partial charge in [-0.15, -0.1) is 0 Å². The van der Waals surface area contributed by atoms with Crippen LogP contribution in [0.2, 0.25) is 0 Å². The topological polar surface area (TPSA) is 111 Å². The van der Waals surface area contributed by atoms with E-state index in [1.807, 2.05) is 36.4 Å². The average molecular weight is 402 g/mol. The van der Waals surface area contributed by atoms with Crippen molar-refractivity contribution in [2.75, 3.05) is 0 Å². The Labute approximate surface area is 171 Å². The SMILES string of the molecule is CCCCCC(O)c1c(C=CCCCC(O)C(O)C(=O)O)cnc2ccccc12. The molecule has 0 aliphatic heterocycles. The fourth-order valence-corrected chi connectivity index (χ4v) is 3.39. The van der Waals surface area contributed by atoms with E-state index in [0.29, 0.717) is 19.3 Å². The van der Waals surface area contributed by atoms with Crippen LogP contribution in [0.3, 0.4) is 0 Å². The number of nitrogens with zero attached hydrogens (tertiary/aromatic N) is 1. The molecule has 29 heavy (non-hydrogen) atoms. The van der Waals surface area contributed by atoms with Gasteiger partial charge in [0.2, 0.25) is 0 Å². The van der Waals surface area contributed by atoms with Gasteiger partial charge < -0.3 is 20.4 Å². The minimum absolute atomic E-state index is 0.195. The summed E-state index contributed by atoms with van der Waals surface area (Å²) in [7, 11) is 0. The van der Waals surface area contributed by atoms with Crippen molar-refractivity contribution in [2.24, 2.45) is 0 Å². The van der Waals surface area contributed by atoms with E-state index in [1.165, 1.54) is 0 Å². The molecule has 0 spiro atoms. The van der Waals surface area contributed by atoms with Crippen LogP contribution in [0.1, 0.15) is 69.1 Å². The smallest absolute Gasteiger partial charge is 0.335 e. The van der Waals surface area contributed by atoms with Gasteiger partial charge in [0.15, 0.2) is 6.10 Å². The Morgan fingerprint density at radius 2 is 1.86 bits per heavy atom. The van der Waals surface area contributed by atoms with Gasteiger partial charge in [0, 0.05) is 11.6 Å². The predicted molar refractivity (Wildman–Crippen MR) is 113 cm³/mol. The normalized spacial score (nSPS) is 14.9. The first-order chi connectivity index (χ1) is 14.0. The zero-order chi connectivity index (χ0) is 21.2. The van der Waals surface area contributed by atoms with Crippen molar-refractivity contribution in [3.8, 4) is 0 Å². The van der Waals surface area contributed by atoms with Crippen LogP contribution in [0.15, 0.2) is 36.5 Å². The Morgan fingerprint density at radius 1 is 1.10 bits per heavy atom. The molecule has 1 aromatic carbocycles. The molecular formula is C23H31NO5. The number of allylic oxidation sites excluding steroid dienone is 1. The van der Waals surface area contributed by atoms with Crippen LogP contribution < -0.4 is 0 Å². The minimum atomic E-state index is -1.76. The van der Waals surface area contributed by atoms with E-state index in [9.17, 15) is 20.1 Å². The van der Waals surface area contributed by atoms with Crippen LogP contribution in [0.5, 0.6) is 0 Å². The Bertz CT molecular complexity index is 820. The van der Waals surface area contributed by atoms with Gasteiger partial charge >= 0.3 is 5.97 Å². The van der Waals surface area contributed by atoms with E-state index >= 15 is 0 Å². The highest BCUT2D eigenvalue weighted by Crippen LogP contribution is 2.30. The lowest BCUT2D eigenvalue weighted by Gasteiger charge is -2.16. The fourth-order valence-electron chi connectivity index (χ4n) is 3.39. The third-order valence-corrected chi connectivity index (χ3v) is 5.05. The second-order valence-electron chi connectivity index (χ2n) is 7.34. The van der Waals surface area contributed by atoms with Crippen LogP contribution in [0.25, 0.3) is 17.0 Å². The van der Waals surface area contributed by atoms with E-state index in [0.717, 1.165) is 41.3 Å². The first-order valence-electron chi connectivity index (χ1n) is 10.3. The van der Waals surface area contributed by atoms with Crippen molar-refractivity contribution in [1.82, 2.24) is 4.98 Å². The number of carboxylic acids is 1. The predicted octanol–water partition coefficient (Wildman–Crippen LogP) is 3.84. The number of fused-ring (bicyclic) bond motifs is 1. The Hall–Kier alpha value is -2.28. The molecule has 0 aliphatic rings. The highest BCUT2D eigenvalue weighted by Gasteiger charge is 2.22. The summed E-state index contributed by atoms with van der Waals surface area (Å²) in [6, 6.07) is 7.77. The van der Waals surface area contributed by atoms with Crippen LogP contribution >= 0.6 is 0 Å². The van der Waals surface area contributed by atoms with Crippen molar-refractivity contribution >= 4 is 22.9 Å². The summed E-state index contributed by atoms with van der Waals surface area (Å²) < 4.78 is 0. The summed E-state index contributed by atoms with van der Waals surface area (Å²) in [5.74, 6) is -1.42. The molecule has 1 heterocycles. The standard InChI is InChI=1S/C23H31NO5/c1-2-3-5-13-19(25)21-16(15-24-18-12-9-8-11-17(18)21)10-6-4-7-14-20(26)22(27)23(28)29/h6,8-12,15,19-20,22,25-27H,2-5,7,13-14H2,1H3,(H,28,29). The maximum absolute atomic E-state index is 10.8. The number of rotatable bonds is 12. The molecule has 0 saturated heterocycles. The number of para-hydroxylation sites is 1. The molecule has 0 aliphatic carbocycles. The summed E-state index contributed by atoms with van der Waals surface area (Å²) in [5.41, 5.74) is 2.59. The minimum Gasteiger partial charge on any atom is -0.479 e. The van der Waals surface area contributed by atoms with Crippen molar-refractivity contribution in [1.29, 1.82) is 0 Å². The number of carboxylic acid groups (broad SMARTS) is 1. The molecule has 1 aromatic heterocycles. The molecule has 3 atom stereocenters. The molecular weight excluding hydrogens is 370 g/mol. The number of unbranched alkanes of at least 4 members (excludes halogenated alkanes) is 3. The first-order valence-corrected chi connectivity index (χ1v) is 10.3. The molecule has 6 nitrogen and oxygen atoms in total. The Balaban J connectivity index is 2.10. The van der Waals surface area contributed by atoms with Crippen LogP contribution in [-0.2, 0) is 4.79 Å². The quantitative estimate of drug-likeness (QED) is 0.402. The molecule has 0 fully saturated rings. The average Bonchev–Trinajstić information content (AvgIpc) is 2.72. The van der Waals surface area contributed by atoms with Crippen molar-refractivity contribution in [3.05, 3.63) is 47.7 Å². The van der Waals surface area contributed by atoms with Crippen LogP contribution in [0.4, 0.5) is 0 Å².